The molecule has 1 aliphatic rings. The fourth-order valence-corrected chi connectivity index (χ4v) is 3.69. The van der Waals surface area contributed by atoms with Crippen LogP contribution in [0.1, 0.15) is 30.0 Å². The van der Waals surface area contributed by atoms with Gasteiger partial charge in [0.1, 0.15) is 0 Å². The first-order chi connectivity index (χ1) is 12.9. The van der Waals surface area contributed by atoms with Gasteiger partial charge in [-0.3, -0.25) is 4.79 Å². The standard InChI is InChI=1S/C20H18N2O5.Na/c1-2-20(27,19(25)26)14-8-16-17-12(9-22(16)18(24)13(14)10-23)7-11-5-3-4-6-15(11)21-17;/h3-8,23,27H,2,9-10H2,1H3,(H,25,26);/q;+1/t20-;/m0./s1. The van der Waals surface area contributed by atoms with E-state index < -0.39 is 23.7 Å². The summed E-state index contributed by atoms with van der Waals surface area (Å²) >= 11 is 0. The molecule has 0 fully saturated rings. The first-order valence-corrected chi connectivity index (χ1v) is 8.63. The molecule has 3 heterocycles. The summed E-state index contributed by atoms with van der Waals surface area (Å²) in [6.07, 6.45) is -0.143. The minimum atomic E-state index is -2.26. The third-order valence-corrected chi connectivity index (χ3v) is 5.24. The number of aliphatic hydroxyl groups excluding tert-OH is 1. The van der Waals surface area contributed by atoms with E-state index in [2.05, 4.69) is 4.98 Å². The Labute approximate surface area is 182 Å². The van der Waals surface area contributed by atoms with E-state index in [9.17, 15) is 24.9 Å². The molecule has 3 N–H and O–H groups in total. The van der Waals surface area contributed by atoms with Gasteiger partial charge < -0.3 is 19.9 Å². The van der Waals surface area contributed by atoms with Gasteiger partial charge in [-0.05, 0) is 24.6 Å². The van der Waals surface area contributed by atoms with Crippen molar-refractivity contribution in [3.63, 3.8) is 0 Å². The van der Waals surface area contributed by atoms with Crippen molar-refractivity contribution in [1.82, 2.24) is 9.55 Å². The number of aliphatic hydroxyl groups is 2. The third kappa shape index (κ3) is 2.91. The van der Waals surface area contributed by atoms with E-state index in [-0.39, 0.29) is 53.6 Å². The minimum absolute atomic E-state index is 0. The van der Waals surface area contributed by atoms with E-state index >= 15 is 0 Å². The Hall–Kier alpha value is -2.03. The molecule has 8 heteroatoms. The summed E-state index contributed by atoms with van der Waals surface area (Å²) in [7, 11) is 0. The van der Waals surface area contributed by atoms with Crippen molar-refractivity contribution in [2.75, 3.05) is 0 Å². The molecule has 3 aromatic rings. The van der Waals surface area contributed by atoms with Gasteiger partial charge in [-0.15, -0.1) is 0 Å². The zero-order chi connectivity index (χ0) is 19.3. The van der Waals surface area contributed by atoms with Gasteiger partial charge in [-0.2, -0.15) is 0 Å². The maximum absolute atomic E-state index is 12.9. The molecule has 7 nitrogen and oxygen atoms in total. The van der Waals surface area contributed by atoms with Crippen molar-refractivity contribution in [3.8, 4) is 11.4 Å². The van der Waals surface area contributed by atoms with Crippen LogP contribution in [0, 0.1) is 0 Å². The van der Waals surface area contributed by atoms with Gasteiger partial charge in [0.2, 0.25) is 0 Å². The molecular formula is C20H18N2NaO5+. The molecule has 0 amide bonds. The maximum Gasteiger partial charge on any atom is 1.00 e. The van der Waals surface area contributed by atoms with Crippen LogP contribution < -0.4 is 35.1 Å². The molecule has 0 saturated heterocycles. The number of carbonyl (C=O) groups is 1. The Kier molecular flexibility index (Phi) is 5.49. The number of fused-ring (bicyclic) bond motifs is 4. The molecule has 138 valence electrons. The zero-order valence-corrected chi connectivity index (χ0v) is 17.6. The molecule has 1 aromatic carbocycles. The predicted octanol–water partition coefficient (Wildman–Crippen LogP) is -1.40. The summed E-state index contributed by atoms with van der Waals surface area (Å²) in [5.41, 5.74) is -0.341. The molecule has 28 heavy (non-hydrogen) atoms. The number of para-hydroxylation sites is 1. The first-order valence-electron chi connectivity index (χ1n) is 8.63. The van der Waals surface area contributed by atoms with Gasteiger partial charge >= 0.3 is 35.5 Å². The molecule has 0 aliphatic carbocycles. The van der Waals surface area contributed by atoms with Crippen molar-refractivity contribution >= 4 is 16.9 Å². The van der Waals surface area contributed by atoms with Gasteiger partial charge in [-0.25, -0.2) is 9.78 Å². The van der Waals surface area contributed by atoms with E-state index in [1.807, 2.05) is 30.3 Å². The summed E-state index contributed by atoms with van der Waals surface area (Å²) in [5.74, 6) is -1.46. The number of pyridine rings is 2. The average Bonchev–Trinajstić information content (AvgIpc) is 3.03. The van der Waals surface area contributed by atoms with E-state index in [0.29, 0.717) is 11.4 Å². The number of aromatic nitrogens is 2. The zero-order valence-electron chi connectivity index (χ0n) is 15.6. The molecular weight excluding hydrogens is 371 g/mol. The Morgan fingerprint density at radius 3 is 2.64 bits per heavy atom. The second-order valence-electron chi connectivity index (χ2n) is 6.68. The molecule has 0 spiro atoms. The van der Waals surface area contributed by atoms with Gasteiger partial charge in [-0.1, -0.05) is 25.1 Å². The Morgan fingerprint density at radius 1 is 1.29 bits per heavy atom. The number of carboxylic acid groups (broad SMARTS) is 1. The molecule has 1 aliphatic heterocycles. The van der Waals surface area contributed by atoms with Crippen LogP contribution in [0.3, 0.4) is 0 Å². The van der Waals surface area contributed by atoms with Crippen molar-refractivity contribution in [3.05, 3.63) is 63.4 Å². The second-order valence-corrected chi connectivity index (χ2v) is 6.68. The van der Waals surface area contributed by atoms with Crippen LogP contribution in [0.5, 0.6) is 0 Å². The van der Waals surface area contributed by atoms with Crippen molar-refractivity contribution in [2.24, 2.45) is 0 Å². The number of hydrogen-bond donors (Lipinski definition) is 3. The van der Waals surface area contributed by atoms with Crippen LogP contribution in [0.2, 0.25) is 0 Å². The SMILES string of the molecule is CC[C@@](O)(C(=O)O)c1cc2n(c(=O)c1CO)Cc1cc3ccccc3nc1-2.[Na+]. The summed E-state index contributed by atoms with van der Waals surface area (Å²) in [6, 6.07) is 11.0. The summed E-state index contributed by atoms with van der Waals surface area (Å²) in [6.45, 7) is 1.14. The molecule has 1 atom stereocenters. The van der Waals surface area contributed by atoms with Gasteiger partial charge in [0.25, 0.3) is 5.56 Å². The number of nitrogens with zero attached hydrogens (tertiary/aromatic N) is 2. The summed E-state index contributed by atoms with van der Waals surface area (Å²) < 4.78 is 1.46. The summed E-state index contributed by atoms with van der Waals surface area (Å²) in [5, 5.41) is 30.9. The van der Waals surface area contributed by atoms with Crippen molar-refractivity contribution in [2.45, 2.75) is 32.1 Å². The number of rotatable bonds is 4. The fraction of sp³-hybridized carbons (Fsp3) is 0.250. The fourth-order valence-electron chi connectivity index (χ4n) is 3.69. The topological polar surface area (TPSA) is 113 Å². The Balaban J connectivity index is 0.00000225. The molecule has 0 saturated carbocycles. The Bertz CT molecular complexity index is 1160. The van der Waals surface area contributed by atoms with Crippen LogP contribution in [0.4, 0.5) is 0 Å². The Morgan fingerprint density at radius 2 is 2.00 bits per heavy atom. The number of carboxylic acids is 1. The molecule has 0 unspecified atom stereocenters. The van der Waals surface area contributed by atoms with E-state index in [1.165, 1.54) is 17.6 Å². The molecule has 2 aromatic heterocycles. The number of aliphatic carboxylic acids is 1. The minimum Gasteiger partial charge on any atom is -0.479 e. The molecule has 0 radical (unpaired) electrons. The summed E-state index contributed by atoms with van der Waals surface area (Å²) in [4.78, 5) is 29.3. The quantitative estimate of drug-likeness (QED) is 0.370. The maximum atomic E-state index is 12.9. The van der Waals surface area contributed by atoms with Gasteiger partial charge in [0, 0.05) is 22.1 Å². The largest absolute Gasteiger partial charge is 1.00 e. The van der Waals surface area contributed by atoms with Crippen LogP contribution in [-0.4, -0.2) is 30.8 Å². The molecule has 0 bridgehead atoms. The van der Waals surface area contributed by atoms with Crippen LogP contribution in [0.25, 0.3) is 22.3 Å². The first kappa shape index (κ1) is 20.7. The monoisotopic (exact) mass is 389 g/mol. The van der Waals surface area contributed by atoms with Crippen molar-refractivity contribution in [1.29, 1.82) is 0 Å². The van der Waals surface area contributed by atoms with Gasteiger partial charge in [0.05, 0.1) is 30.1 Å². The molecule has 4 rings (SSSR count). The third-order valence-electron chi connectivity index (χ3n) is 5.24. The van der Waals surface area contributed by atoms with E-state index in [0.717, 1.165) is 16.5 Å². The smallest absolute Gasteiger partial charge is 0.479 e. The second kappa shape index (κ2) is 7.42. The van der Waals surface area contributed by atoms with E-state index in [4.69, 9.17) is 0 Å². The van der Waals surface area contributed by atoms with Crippen LogP contribution in [0.15, 0.2) is 41.2 Å². The van der Waals surface area contributed by atoms with E-state index in [1.54, 1.807) is 0 Å². The van der Waals surface area contributed by atoms with Gasteiger partial charge in [0.15, 0.2) is 5.60 Å². The average molecular weight is 389 g/mol. The van der Waals surface area contributed by atoms with Crippen LogP contribution >= 0.6 is 0 Å². The predicted molar refractivity (Wildman–Crippen MR) is 98.3 cm³/mol. The van der Waals surface area contributed by atoms with Crippen LogP contribution in [-0.2, 0) is 23.5 Å². The normalized spacial score (nSPS) is 14.1. The number of hydrogen-bond acceptors (Lipinski definition) is 5. The number of benzene rings is 1. The van der Waals surface area contributed by atoms with Crippen molar-refractivity contribution < 1.29 is 49.7 Å².